The smallest absolute Gasteiger partial charge is 0.314 e. The van der Waals surface area contributed by atoms with Crippen LogP contribution in [0.3, 0.4) is 0 Å². The van der Waals surface area contributed by atoms with Crippen molar-refractivity contribution < 1.29 is 15.0 Å². The molecule has 2 aromatic carbocycles. The lowest BCUT2D eigenvalue weighted by Crippen LogP contribution is -2.36. The van der Waals surface area contributed by atoms with Crippen LogP contribution in [0.5, 0.6) is 11.5 Å². The van der Waals surface area contributed by atoms with Crippen LogP contribution in [-0.2, 0) is 0 Å². The minimum Gasteiger partial charge on any atom is -0.508 e. The molecule has 2 rings (SSSR count). The van der Waals surface area contributed by atoms with E-state index in [-0.39, 0.29) is 17.5 Å². The Balaban J connectivity index is 1.45. The molecule has 0 atom stereocenters. The molecule has 26 heavy (non-hydrogen) atoms. The Hall–Kier alpha value is -1.99. The van der Waals surface area contributed by atoms with Gasteiger partial charge in [0.25, 0.3) is 0 Å². The molecule has 0 bridgehead atoms. The Morgan fingerprint density at radius 1 is 0.731 bits per heavy atom. The highest BCUT2D eigenvalue weighted by Gasteiger charge is 2.00. The van der Waals surface area contributed by atoms with E-state index in [4.69, 9.17) is 0 Å². The first-order valence-corrected chi connectivity index (χ1v) is 10.5. The number of urea groups is 1. The van der Waals surface area contributed by atoms with Crippen molar-refractivity contribution in [2.45, 2.75) is 22.6 Å². The molecule has 0 spiro atoms. The molecule has 5 nitrogen and oxygen atoms in total. The second kappa shape index (κ2) is 11.6. The third-order valence-electron chi connectivity index (χ3n) is 3.42. The summed E-state index contributed by atoms with van der Waals surface area (Å²) in [7, 11) is 0. The first-order chi connectivity index (χ1) is 12.6. The number of carbonyl (C=O) groups is 1. The van der Waals surface area contributed by atoms with Crippen LogP contribution in [0, 0.1) is 0 Å². The SMILES string of the molecule is O=C(NCCCSc1ccc(O)cc1)NCCCSc1ccc(O)cc1. The van der Waals surface area contributed by atoms with Crippen LogP contribution in [-0.4, -0.2) is 40.8 Å². The number of amides is 2. The van der Waals surface area contributed by atoms with Gasteiger partial charge in [-0.1, -0.05) is 0 Å². The van der Waals surface area contributed by atoms with Crippen molar-refractivity contribution in [2.75, 3.05) is 24.6 Å². The zero-order chi connectivity index (χ0) is 18.6. The number of hydrogen-bond acceptors (Lipinski definition) is 5. The van der Waals surface area contributed by atoms with E-state index in [9.17, 15) is 15.0 Å². The van der Waals surface area contributed by atoms with Crippen molar-refractivity contribution in [3.63, 3.8) is 0 Å². The van der Waals surface area contributed by atoms with Gasteiger partial charge in [0, 0.05) is 22.9 Å². The number of benzene rings is 2. The fraction of sp³-hybridized carbons (Fsp3) is 0.316. The third kappa shape index (κ3) is 8.40. The number of aromatic hydroxyl groups is 2. The summed E-state index contributed by atoms with van der Waals surface area (Å²) in [5.41, 5.74) is 0. The van der Waals surface area contributed by atoms with Gasteiger partial charge < -0.3 is 20.8 Å². The molecule has 0 aromatic heterocycles. The van der Waals surface area contributed by atoms with Crippen molar-refractivity contribution >= 4 is 29.6 Å². The third-order valence-corrected chi connectivity index (χ3v) is 5.62. The van der Waals surface area contributed by atoms with Gasteiger partial charge in [-0.15, -0.1) is 23.5 Å². The summed E-state index contributed by atoms with van der Waals surface area (Å²) < 4.78 is 0. The summed E-state index contributed by atoms with van der Waals surface area (Å²) in [6.45, 7) is 1.28. The van der Waals surface area contributed by atoms with Gasteiger partial charge in [-0.25, -0.2) is 4.79 Å². The van der Waals surface area contributed by atoms with Crippen molar-refractivity contribution in [3.05, 3.63) is 48.5 Å². The lowest BCUT2D eigenvalue weighted by Gasteiger charge is -2.08. The summed E-state index contributed by atoms with van der Waals surface area (Å²) >= 11 is 3.41. The number of thioether (sulfide) groups is 2. The van der Waals surface area contributed by atoms with Crippen molar-refractivity contribution in [1.82, 2.24) is 10.6 Å². The largest absolute Gasteiger partial charge is 0.508 e. The van der Waals surface area contributed by atoms with E-state index in [0.29, 0.717) is 13.1 Å². The fourth-order valence-corrected chi connectivity index (χ4v) is 3.78. The van der Waals surface area contributed by atoms with Crippen LogP contribution in [0.25, 0.3) is 0 Å². The van der Waals surface area contributed by atoms with E-state index in [0.717, 1.165) is 34.1 Å². The van der Waals surface area contributed by atoms with Gasteiger partial charge in [-0.05, 0) is 72.9 Å². The molecule has 0 radical (unpaired) electrons. The van der Waals surface area contributed by atoms with E-state index >= 15 is 0 Å². The first-order valence-electron chi connectivity index (χ1n) is 8.49. The monoisotopic (exact) mass is 392 g/mol. The predicted octanol–water partition coefficient (Wildman–Crippen LogP) is 4.06. The number of phenolic OH excluding ortho intramolecular Hbond substituents is 2. The maximum absolute atomic E-state index is 11.7. The highest BCUT2D eigenvalue weighted by molar-refractivity contribution is 7.99. The molecule has 140 valence electrons. The topological polar surface area (TPSA) is 81.6 Å². The predicted molar refractivity (Wildman–Crippen MR) is 108 cm³/mol. The molecule has 0 saturated carbocycles. The molecule has 0 aliphatic carbocycles. The second-order valence-corrected chi connectivity index (χ2v) is 7.91. The highest BCUT2D eigenvalue weighted by Crippen LogP contribution is 2.21. The molecule has 7 heteroatoms. The average molecular weight is 393 g/mol. The van der Waals surface area contributed by atoms with E-state index in [1.165, 1.54) is 0 Å². The Labute approximate surface area is 162 Å². The number of hydrogen-bond donors (Lipinski definition) is 4. The van der Waals surface area contributed by atoms with Gasteiger partial charge in [-0.2, -0.15) is 0 Å². The lowest BCUT2D eigenvalue weighted by molar-refractivity contribution is 0.241. The summed E-state index contributed by atoms with van der Waals surface area (Å²) in [6.07, 6.45) is 1.77. The van der Waals surface area contributed by atoms with Crippen LogP contribution >= 0.6 is 23.5 Å². The van der Waals surface area contributed by atoms with E-state index in [2.05, 4.69) is 10.6 Å². The van der Waals surface area contributed by atoms with Gasteiger partial charge in [0.15, 0.2) is 0 Å². The summed E-state index contributed by atoms with van der Waals surface area (Å²) in [5, 5.41) is 24.2. The molecule has 0 unspecified atom stereocenters. The Kier molecular flexibility index (Phi) is 9.06. The Morgan fingerprint density at radius 3 is 1.50 bits per heavy atom. The van der Waals surface area contributed by atoms with Crippen LogP contribution in [0.15, 0.2) is 58.3 Å². The summed E-state index contributed by atoms with van der Waals surface area (Å²) in [4.78, 5) is 13.9. The van der Waals surface area contributed by atoms with Gasteiger partial charge in [0.2, 0.25) is 0 Å². The van der Waals surface area contributed by atoms with Gasteiger partial charge >= 0.3 is 6.03 Å². The minimum absolute atomic E-state index is 0.130. The molecule has 0 heterocycles. The molecule has 0 fully saturated rings. The molecule has 2 aromatic rings. The van der Waals surface area contributed by atoms with E-state index in [1.54, 1.807) is 47.8 Å². The van der Waals surface area contributed by atoms with Crippen molar-refractivity contribution in [1.29, 1.82) is 0 Å². The Bertz CT molecular complexity index is 606. The van der Waals surface area contributed by atoms with Crippen molar-refractivity contribution in [3.8, 4) is 11.5 Å². The summed E-state index contributed by atoms with van der Waals surface area (Å²) in [5.74, 6) is 2.37. The number of phenols is 2. The lowest BCUT2D eigenvalue weighted by atomic mass is 10.3. The maximum atomic E-state index is 11.7. The molecular formula is C19H24N2O3S2. The molecule has 2 amide bonds. The minimum atomic E-state index is -0.130. The van der Waals surface area contributed by atoms with Crippen LogP contribution in [0.1, 0.15) is 12.8 Å². The summed E-state index contributed by atoms with van der Waals surface area (Å²) in [6, 6.07) is 14.1. The first kappa shape index (κ1) is 20.3. The highest BCUT2D eigenvalue weighted by atomic mass is 32.2. The van der Waals surface area contributed by atoms with E-state index in [1.807, 2.05) is 24.3 Å². The molecule has 0 aliphatic rings. The van der Waals surface area contributed by atoms with E-state index < -0.39 is 0 Å². The van der Waals surface area contributed by atoms with Gasteiger partial charge in [-0.3, -0.25) is 0 Å². The number of carbonyl (C=O) groups excluding carboxylic acids is 1. The zero-order valence-corrected chi connectivity index (χ0v) is 16.1. The molecule has 0 saturated heterocycles. The fourth-order valence-electron chi connectivity index (χ4n) is 2.08. The van der Waals surface area contributed by atoms with Gasteiger partial charge in [0.05, 0.1) is 0 Å². The van der Waals surface area contributed by atoms with Crippen molar-refractivity contribution in [2.24, 2.45) is 0 Å². The molecular weight excluding hydrogens is 368 g/mol. The maximum Gasteiger partial charge on any atom is 0.314 e. The molecule has 0 aliphatic heterocycles. The quantitative estimate of drug-likeness (QED) is 0.362. The van der Waals surface area contributed by atoms with Crippen LogP contribution in [0.2, 0.25) is 0 Å². The zero-order valence-electron chi connectivity index (χ0n) is 14.5. The van der Waals surface area contributed by atoms with Gasteiger partial charge in [0.1, 0.15) is 11.5 Å². The van der Waals surface area contributed by atoms with Crippen LogP contribution < -0.4 is 10.6 Å². The Morgan fingerprint density at radius 2 is 1.12 bits per heavy atom. The van der Waals surface area contributed by atoms with Crippen LogP contribution in [0.4, 0.5) is 4.79 Å². The second-order valence-electron chi connectivity index (χ2n) is 5.57. The number of nitrogens with one attached hydrogen (secondary N) is 2. The standard InChI is InChI=1S/C19H24N2O3S2/c22-15-3-7-17(8-4-15)25-13-1-11-20-19(24)21-12-2-14-26-18-9-5-16(23)6-10-18/h3-10,22-23H,1-2,11-14H2,(H2,20,21,24). The molecule has 4 N–H and O–H groups in total. The average Bonchev–Trinajstić information content (AvgIpc) is 2.64. The number of rotatable bonds is 10. The normalized spacial score (nSPS) is 10.5.